The van der Waals surface area contributed by atoms with Crippen molar-refractivity contribution in [3.05, 3.63) is 33.1 Å². The van der Waals surface area contributed by atoms with Crippen LogP contribution in [0.1, 0.15) is 16.8 Å². The number of aryl methyl sites for hydroxylation is 1. The monoisotopic (exact) mass is 313 g/mol. The summed E-state index contributed by atoms with van der Waals surface area (Å²) in [6.07, 6.45) is 1.40. The minimum atomic E-state index is -0.453. The van der Waals surface area contributed by atoms with E-state index in [-0.39, 0.29) is 44.2 Å². The topological polar surface area (TPSA) is 96.5 Å². The van der Waals surface area contributed by atoms with Crippen molar-refractivity contribution in [1.82, 2.24) is 4.98 Å². The Bertz CT molecular complexity index is 363. The van der Waals surface area contributed by atoms with Crippen molar-refractivity contribution in [2.45, 2.75) is 20.5 Å². The molecule has 0 unspecified atom stereocenters. The Morgan fingerprint density at radius 3 is 2.24 bits per heavy atom. The average molecular weight is 315 g/mol. The van der Waals surface area contributed by atoms with Crippen LogP contribution in [0.15, 0.2) is 6.20 Å². The van der Waals surface area contributed by atoms with Gasteiger partial charge in [-0.05, 0) is 13.8 Å². The molecular weight excluding hydrogens is 301 g/mol. The van der Waals surface area contributed by atoms with Gasteiger partial charge in [-0.3, -0.25) is 15.1 Å². The molecule has 1 aromatic rings. The Morgan fingerprint density at radius 2 is 1.88 bits per heavy atom. The van der Waals surface area contributed by atoms with Crippen LogP contribution >= 0.6 is 0 Å². The molecule has 0 spiro atoms. The van der Waals surface area contributed by atoms with Crippen molar-refractivity contribution in [3.8, 4) is 0 Å². The van der Waals surface area contributed by atoms with Gasteiger partial charge in [-0.25, -0.2) is 0 Å². The van der Waals surface area contributed by atoms with Crippen molar-refractivity contribution in [1.29, 1.82) is 0 Å². The Hall–Kier alpha value is -0.617. The molecule has 0 aromatic carbocycles. The Balaban J connectivity index is -0.000000464. The van der Waals surface area contributed by atoms with Gasteiger partial charge < -0.3 is 22.6 Å². The third-order valence-electron chi connectivity index (χ3n) is 1.91. The van der Waals surface area contributed by atoms with E-state index in [1.165, 1.54) is 6.20 Å². The fourth-order valence-corrected chi connectivity index (χ4v) is 1.21. The normalized spacial score (nSPS) is 8.06. The molecule has 0 fully saturated rings. The number of nitro groups is 1. The van der Waals surface area contributed by atoms with Crippen molar-refractivity contribution >= 4 is 5.69 Å². The molecule has 17 heavy (non-hydrogen) atoms. The first-order valence-electron chi connectivity index (χ1n) is 4.23. The predicted octanol–water partition coefficient (Wildman–Crippen LogP) is -2.29. The molecule has 0 aliphatic carbocycles. The zero-order valence-electron chi connectivity index (χ0n) is 9.97. The number of aliphatic hydroxyl groups excluding tert-OH is 2. The standard InChI is InChI=1S/C8H10N2O3.CH4O.ClH.Zn/c1-5-3-9-7(4-11)6(2)8(5)10(12)13;1-2;;/h3,11H,4H2,1-2H3;2H,1H3;1H;/q;;;+2/p-1. The van der Waals surface area contributed by atoms with Gasteiger partial charge in [0.25, 0.3) is 5.69 Å². The largest absolute Gasteiger partial charge is 2.00 e. The predicted molar refractivity (Wildman–Crippen MR) is 54.4 cm³/mol. The molecule has 0 aliphatic rings. The first kappa shape index (κ1) is 21.6. The number of nitrogens with zero attached hydrogens (tertiary/aromatic N) is 2. The van der Waals surface area contributed by atoms with Crippen LogP contribution in [0.2, 0.25) is 0 Å². The molecule has 2 N–H and O–H groups in total. The summed E-state index contributed by atoms with van der Waals surface area (Å²) >= 11 is 0. The number of hydrogen-bond donors (Lipinski definition) is 2. The Morgan fingerprint density at radius 1 is 1.41 bits per heavy atom. The summed E-state index contributed by atoms with van der Waals surface area (Å²) < 4.78 is 0. The number of aliphatic hydroxyl groups is 2. The van der Waals surface area contributed by atoms with E-state index in [1.54, 1.807) is 13.8 Å². The fourth-order valence-electron chi connectivity index (χ4n) is 1.21. The van der Waals surface area contributed by atoms with Gasteiger partial charge in [0.15, 0.2) is 0 Å². The van der Waals surface area contributed by atoms with Crippen LogP contribution in [0, 0.1) is 24.0 Å². The Labute approximate surface area is 118 Å². The van der Waals surface area contributed by atoms with Crippen LogP contribution in [0.5, 0.6) is 0 Å². The molecule has 8 heteroatoms. The van der Waals surface area contributed by atoms with Gasteiger partial charge >= 0.3 is 19.5 Å². The van der Waals surface area contributed by atoms with Crippen LogP contribution in [-0.2, 0) is 26.1 Å². The van der Waals surface area contributed by atoms with Gasteiger partial charge in [0, 0.05) is 18.9 Å². The first-order valence-corrected chi connectivity index (χ1v) is 4.23. The van der Waals surface area contributed by atoms with Gasteiger partial charge in [-0.2, -0.15) is 0 Å². The molecule has 0 amide bonds. The molecule has 6 nitrogen and oxygen atoms in total. The van der Waals surface area contributed by atoms with Gasteiger partial charge in [0.1, 0.15) is 0 Å². The summed E-state index contributed by atoms with van der Waals surface area (Å²) in [6.45, 7) is 2.94. The van der Waals surface area contributed by atoms with Crippen molar-refractivity contribution in [2.24, 2.45) is 0 Å². The molecule has 92 valence electrons. The van der Waals surface area contributed by atoms with Crippen molar-refractivity contribution in [2.75, 3.05) is 7.11 Å². The number of aromatic nitrogens is 1. The summed E-state index contributed by atoms with van der Waals surface area (Å²) in [4.78, 5) is 14.0. The molecule has 0 aliphatic heterocycles. The molecule has 0 radical (unpaired) electrons. The summed E-state index contributed by atoms with van der Waals surface area (Å²) in [5.74, 6) is 0. The van der Waals surface area contributed by atoms with E-state index in [2.05, 4.69) is 4.98 Å². The van der Waals surface area contributed by atoms with Gasteiger partial charge in [-0.15, -0.1) is 0 Å². The second-order valence-electron chi connectivity index (χ2n) is 2.78. The molecule has 0 bridgehead atoms. The first-order chi connectivity index (χ1) is 7.07. The second kappa shape index (κ2) is 10.5. The molecule has 1 aromatic heterocycles. The Kier molecular flexibility index (Phi) is 13.4. The SMILES string of the molecule is CO.Cc1cnc(CO)c(C)c1[N+](=O)[O-].[Cl-].[Zn+2]. The van der Waals surface area contributed by atoms with Gasteiger partial charge in [0.2, 0.25) is 0 Å². The zero-order valence-corrected chi connectivity index (χ0v) is 13.7. The number of pyridine rings is 1. The third-order valence-corrected chi connectivity index (χ3v) is 1.91. The number of halogens is 1. The summed E-state index contributed by atoms with van der Waals surface area (Å²) in [5.41, 5.74) is 1.35. The molecular formula is C9H14ClN2O4Zn+. The van der Waals surface area contributed by atoms with E-state index in [9.17, 15) is 10.1 Å². The van der Waals surface area contributed by atoms with E-state index in [4.69, 9.17) is 10.2 Å². The molecule has 0 saturated heterocycles. The maximum absolute atomic E-state index is 10.6. The van der Waals surface area contributed by atoms with Crippen LogP contribution in [0.25, 0.3) is 0 Å². The van der Waals surface area contributed by atoms with Gasteiger partial charge in [0.05, 0.1) is 22.8 Å². The minimum Gasteiger partial charge on any atom is -1.00 e. The van der Waals surface area contributed by atoms with E-state index in [1.807, 2.05) is 0 Å². The van der Waals surface area contributed by atoms with E-state index >= 15 is 0 Å². The van der Waals surface area contributed by atoms with E-state index < -0.39 is 4.92 Å². The minimum absolute atomic E-state index is 0. The summed E-state index contributed by atoms with van der Waals surface area (Å²) in [5, 5.41) is 26.4. The summed E-state index contributed by atoms with van der Waals surface area (Å²) in [6, 6.07) is 0. The third kappa shape index (κ3) is 5.50. The van der Waals surface area contributed by atoms with E-state index in [0.717, 1.165) is 7.11 Å². The van der Waals surface area contributed by atoms with Crippen LogP contribution in [0.3, 0.4) is 0 Å². The zero-order chi connectivity index (χ0) is 12.0. The summed E-state index contributed by atoms with van der Waals surface area (Å²) in [7, 11) is 1.00. The van der Waals surface area contributed by atoms with Crippen LogP contribution in [0.4, 0.5) is 5.69 Å². The van der Waals surface area contributed by atoms with Gasteiger partial charge in [-0.1, -0.05) is 0 Å². The smallest absolute Gasteiger partial charge is 1.00 e. The number of hydrogen-bond acceptors (Lipinski definition) is 5. The fraction of sp³-hybridized carbons (Fsp3) is 0.444. The molecule has 0 saturated carbocycles. The molecule has 0 atom stereocenters. The molecule has 1 rings (SSSR count). The van der Waals surface area contributed by atoms with Crippen molar-refractivity contribution in [3.63, 3.8) is 0 Å². The maximum atomic E-state index is 10.6. The maximum Gasteiger partial charge on any atom is 2.00 e. The van der Waals surface area contributed by atoms with Crippen LogP contribution in [-0.4, -0.2) is 27.2 Å². The van der Waals surface area contributed by atoms with E-state index in [0.29, 0.717) is 16.8 Å². The second-order valence-corrected chi connectivity index (χ2v) is 2.78. The van der Waals surface area contributed by atoms with Crippen molar-refractivity contribution < 1.29 is 47.0 Å². The molecule has 1 heterocycles. The van der Waals surface area contributed by atoms with Crippen LogP contribution < -0.4 is 12.4 Å². The average Bonchev–Trinajstić information content (AvgIpc) is 2.20. The number of rotatable bonds is 2. The quantitative estimate of drug-likeness (QED) is 0.364.